The van der Waals surface area contributed by atoms with Crippen molar-refractivity contribution in [3.05, 3.63) is 27.7 Å². The van der Waals surface area contributed by atoms with Crippen LogP contribution < -0.4 is 5.43 Å². The fourth-order valence-electron chi connectivity index (χ4n) is 1.51. The van der Waals surface area contributed by atoms with Gasteiger partial charge in [-0.05, 0) is 6.07 Å². The molecule has 2 N–H and O–H groups in total. The molecule has 90 valence electrons. The van der Waals surface area contributed by atoms with Crippen LogP contribution in [0.15, 0.2) is 10.9 Å². The number of fused-ring (bicyclic) bond motifs is 1. The molecule has 0 bridgehead atoms. The fraction of sp³-hybridized carbons (Fsp3) is 0.300. The number of ether oxygens (including phenoxy) is 2. The second kappa shape index (κ2) is 4.38. The summed E-state index contributed by atoms with van der Waals surface area (Å²) >= 11 is 0. The van der Waals surface area contributed by atoms with E-state index in [4.69, 9.17) is 4.74 Å². The molecule has 2 aromatic heterocycles. The number of hydrogen-bond acceptors (Lipinski definition) is 5. The van der Waals surface area contributed by atoms with Crippen LogP contribution in [-0.2, 0) is 16.1 Å². The van der Waals surface area contributed by atoms with E-state index in [0.29, 0.717) is 11.0 Å². The molecular weight excluding hydrogens is 226 g/mol. The van der Waals surface area contributed by atoms with Crippen LogP contribution in [0.5, 0.6) is 0 Å². The van der Waals surface area contributed by atoms with E-state index in [1.54, 1.807) is 0 Å². The molecule has 2 heterocycles. The lowest BCUT2D eigenvalue weighted by Gasteiger charge is -1.96. The first-order valence-corrected chi connectivity index (χ1v) is 4.85. The van der Waals surface area contributed by atoms with Crippen molar-refractivity contribution in [2.24, 2.45) is 0 Å². The van der Waals surface area contributed by atoms with E-state index in [-0.39, 0.29) is 23.4 Å². The number of H-pyrrole nitrogens is 2. The van der Waals surface area contributed by atoms with Gasteiger partial charge in [0.15, 0.2) is 0 Å². The minimum absolute atomic E-state index is 0.115. The molecule has 2 aromatic rings. The minimum Gasteiger partial charge on any atom is -0.464 e. The Kier molecular flexibility index (Phi) is 2.92. The Bertz CT molecular complexity index is 614. The highest BCUT2D eigenvalue weighted by Crippen LogP contribution is 2.09. The van der Waals surface area contributed by atoms with Crippen molar-refractivity contribution < 1.29 is 14.3 Å². The molecule has 17 heavy (non-hydrogen) atoms. The molecule has 0 aliphatic rings. The van der Waals surface area contributed by atoms with Crippen LogP contribution in [0.25, 0.3) is 11.0 Å². The van der Waals surface area contributed by atoms with Crippen molar-refractivity contribution >= 4 is 17.0 Å². The van der Waals surface area contributed by atoms with Gasteiger partial charge in [0.1, 0.15) is 17.0 Å². The summed E-state index contributed by atoms with van der Waals surface area (Å²) in [4.78, 5) is 25.9. The van der Waals surface area contributed by atoms with Crippen LogP contribution in [-0.4, -0.2) is 35.4 Å². The van der Waals surface area contributed by atoms with E-state index in [9.17, 15) is 9.59 Å². The van der Waals surface area contributed by atoms with Gasteiger partial charge in [-0.2, -0.15) is 5.10 Å². The predicted molar refractivity (Wildman–Crippen MR) is 58.8 cm³/mol. The molecule has 0 aliphatic carbocycles. The average molecular weight is 237 g/mol. The van der Waals surface area contributed by atoms with Gasteiger partial charge < -0.3 is 14.5 Å². The smallest absolute Gasteiger partial charge is 0.354 e. The second-order valence-corrected chi connectivity index (χ2v) is 3.40. The van der Waals surface area contributed by atoms with Gasteiger partial charge in [-0.3, -0.25) is 9.89 Å². The van der Waals surface area contributed by atoms with Gasteiger partial charge in [0.05, 0.1) is 19.1 Å². The number of nitrogens with zero attached hydrogens (tertiary/aromatic N) is 1. The number of rotatable bonds is 3. The topological polar surface area (TPSA) is 97.1 Å². The first kappa shape index (κ1) is 11.3. The molecule has 0 spiro atoms. The van der Waals surface area contributed by atoms with Gasteiger partial charge in [0, 0.05) is 7.11 Å². The van der Waals surface area contributed by atoms with Gasteiger partial charge in [0.25, 0.3) is 0 Å². The number of carbonyl (C=O) groups is 1. The molecule has 0 fully saturated rings. The van der Waals surface area contributed by atoms with Crippen molar-refractivity contribution in [3.8, 4) is 0 Å². The summed E-state index contributed by atoms with van der Waals surface area (Å²) in [6.45, 7) is 0.115. The highest BCUT2D eigenvalue weighted by molar-refractivity contribution is 5.93. The standard InChI is InChI=1S/C10H11N3O4/c1-16-4-7-8(14)5-3-6(10(15)17-2)11-9(5)13-12-7/h3H,4H2,1-2H3,(H2,11,13,14). The zero-order valence-corrected chi connectivity index (χ0v) is 9.36. The molecule has 2 rings (SSSR count). The van der Waals surface area contributed by atoms with E-state index >= 15 is 0 Å². The summed E-state index contributed by atoms with van der Waals surface area (Å²) in [5, 5.41) is 6.85. The van der Waals surface area contributed by atoms with Crippen LogP contribution >= 0.6 is 0 Å². The molecule has 7 heteroatoms. The third-order valence-electron chi connectivity index (χ3n) is 2.31. The van der Waals surface area contributed by atoms with Crippen LogP contribution in [0, 0.1) is 0 Å². The number of nitrogens with one attached hydrogen (secondary N) is 2. The Morgan fingerprint density at radius 2 is 2.24 bits per heavy atom. The summed E-state index contributed by atoms with van der Waals surface area (Å²) in [6.07, 6.45) is 0. The van der Waals surface area contributed by atoms with Crippen molar-refractivity contribution in [1.29, 1.82) is 0 Å². The van der Waals surface area contributed by atoms with Crippen LogP contribution in [0.2, 0.25) is 0 Å². The Morgan fingerprint density at radius 1 is 1.47 bits per heavy atom. The molecule has 0 amide bonds. The van der Waals surface area contributed by atoms with E-state index in [1.165, 1.54) is 20.3 Å². The Hall–Kier alpha value is -2.15. The first-order valence-electron chi connectivity index (χ1n) is 4.85. The van der Waals surface area contributed by atoms with Crippen molar-refractivity contribution in [1.82, 2.24) is 15.2 Å². The predicted octanol–water partition coefficient (Wildman–Crippen LogP) is 0.184. The van der Waals surface area contributed by atoms with Gasteiger partial charge in [-0.25, -0.2) is 4.79 Å². The largest absolute Gasteiger partial charge is 0.464 e. The maximum Gasteiger partial charge on any atom is 0.354 e. The van der Waals surface area contributed by atoms with Crippen molar-refractivity contribution in [3.63, 3.8) is 0 Å². The quantitative estimate of drug-likeness (QED) is 0.742. The number of aromatic nitrogens is 3. The number of aromatic amines is 2. The van der Waals surface area contributed by atoms with Crippen molar-refractivity contribution in [2.75, 3.05) is 14.2 Å². The fourth-order valence-corrected chi connectivity index (χ4v) is 1.51. The highest BCUT2D eigenvalue weighted by atomic mass is 16.5. The summed E-state index contributed by atoms with van der Waals surface area (Å²) < 4.78 is 9.40. The first-order chi connectivity index (χ1) is 8.17. The Balaban J connectivity index is 2.58. The van der Waals surface area contributed by atoms with Crippen LogP contribution in [0.1, 0.15) is 16.2 Å². The molecule has 0 unspecified atom stereocenters. The van der Waals surface area contributed by atoms with Gasteiger partial charge in [-0.15, -0.1) is 0 Å². The minimum atomic E-state index is -0.540. The number of carbonyl (C=O) groups excluding carboxylic acids is 1. The average Bonchev–Trinajstić information content (AvgIpc) is 2.77. The molecule has 0 atom stereocenters. The third-order valence-corrected chi connectivity index (χ3v) is 2.31. The number of methoxy groups -OCH3 is 2. The van der Waals surface area contributed by atoms with Crippen LogP contribution in [0.3, 0.4) is 0 Å². The van der Waals surface area contributed by atoms with Crippen LogP contribution in [0.4, 0.5) is 0 Å². The molecule has 0 aliphatic heterocycles. The summed E-state index contributed by atoms with van der Waals surface area (Å²) in [5.41, 5.74) is 0.574. The van der Waals surface area contributed by atoms with Gasteiger partial charge in [-0.1, -0.05) is 0 Å². The number of esters is 1. The molecule has 0 radical (unpaired) electrons. The maximum atomic E-state index is 11.9. The SMILES string of the molecule is COCc1n[nH]c2[nH]c(C(=O)OC)cc2c1=O. The molecule has 0 aromatic carbocycles. The third kappa shape index (κ3) is 1.92. The van der Waals surface area contributed by atoms with Gasteiger partial charge in [0.2, 0.25) is 5.43 Å². The van der Waals surface area contributed by atoms with E-state index in [2.05, 4.69) is 19.9 Å². The number of hydrogen-bond donors (Lipinski definition) is 2. The molecule has 0 saturated heterocycles. The molecule has 0 saturated carbocycles. The maximum absolute atomic E-state index is 11.9. The lowest BCUT2D eigenvalue weighted by molar-refractivity contribution is 0.0595. The molecule has 7 nitrogen and oxygen atoms in total. The zero-order valence-electron chi connectivity index (χ0n) is 9.36. The van der Waals surface area contributed by atoms with Crippen molar-refractivity contribution in [2.45, 2.75) is 6.61 Å². The zero-order chi connectivity index (χ0) is 12.4. The van der Waals surface area contributed by atoms with E-state index < -0.39 is 5.97 Å². The lowest BCUT2D eigenvalue weighted by atomic mass is 10.3. The second-order valence-electron chi connectivity index (χ2n) is 3.40. The summed E-state index contributed by atoms with van der Waals surface area (Å²) in [5.74, 6) is -0.540. The summed E-state index contributed by atoms with van der Waals surface area (Å²) in [6, 6.07) is 1.43. The molecular formula is C10H11N3O4. The lowest BCUT2D eigenvalue weighted by Crippen LogP contribution is -2.13. The monoisotopic (exact) mass is 237 g/mol. The normalized spacial score (nSPS) is 10.7. The van der Waals surface area contributed by atoms with Gasteiger partial charge >= 0.3 is 5.97 Å². The van der Waals surface area contributed by atoms with E-state index in [1.807, 2.05) is 0 Å². The summed E-state index contributed by atoms with van der Waals surface area (Å²) in [7, 11) is 2.74. The van der Waals surface area contributed by atoms with E-state index in [0.717, 1.165) is 0 Å². The Labute approximate surface area is 95.7 Å². The Morgan fingerprint density at radius 3 is 2.88 bits per heavy atom. The highest BCUT2D eigenvalue weighted by Gasteiger charge is 2.14.